The summed E-state index contributed by atoms with van der Waals surface area (Å²) in [5.41, 5.74) is 8.01. The molecule has 1 aliphatic heterocycles. The Balaban J connectivity index is 1.18. The van der Waals surface area contributed by atoms with E-state index in [1.165, 1.54) is 0 Å². The van der Waals surface area contributed by atoms with Crippen molar-refractivity contribution in [2.24, 2.45) is 0 Å². The van der Waals surface area contributed by atoms with Gasteiger partial charge in [0.2, 0.25) is 0 Å². The molecule has 0 amide bonds. The summed E-state index contributed by atoms with van der Waals surface area (Å²) in [4.78, 5) is 32.9. The molecule has 0 atom stereocenters. The molecule has 60 heavy (non-hydrogen) atoms. The minimum atomic E-state index is 0.523. The molecule has 11 rings (SSSR count). The maximum atomic E-state index is 6.38. The van der Waals surface area contributed by atoms with Crippen LogP contribution in [0.15, 0.2) is 200 Å². The van der Waals surface area contributed by atoms with Gasteiger partial charge in [-0.25, -0.2) is 29.9 Å². The van der Waals surface area contributed by atoms with E-state index >= 15 is 0 Å². The number of benzene rings is 8. The van der Waals surface area contributed by atoms with E-state index < -0.39 is 0 Å². The highest BCUT2D eigenvalue weighted by molar-refractivity contribution is 6.02. The molecule has 0 unspecified atom stereocenters. The lowest BCUT2D eigenvalue weighted by Gasteiger charge is -2.33. The average molecular weight is 772 g/mol. The Morgan fingerprint density at radius 1 is 0.317 bits per heavy atom. The van der Waals surface area contributed by atoms with Crippen LogP contribution in [0.3, 0.4) is 0 Å². The highest BCUT2D eigenvalue weighted by Gasteiger charge is 2.26. The van der Waals surface area contributed by atoms with Crippen LogP contribution in [0.4, 0.5) is 17.1 Å². The largest absolute Gasteiger partial charge is 0.453 e. The lowest BCUT2D eigenvalue weighted by atomic mass is 9.98. The molecular formula is C52H33N7O. The van der Waals surface area contributed by atoms with Crippen LogP contribution in [0, 0.1) is 0 Å². The van der Waals surface area contributed by atoms with E-state index in [9.17, 15) is 0 Å². The number of rotatable bonds is 7. The minimum Gasteiger partial charge on any atom is -0.453 e. The molecule has 8 heteroatoms. The van der Waals surface area contributed by atoms with E-state index in [4.69, 9.17) is 34.6 Å². The zero-order valence-electron chi connectivity index (χ0n) is 32.1. The molecule has 8 nitrogen and oxygen atoms in total. The van der Waals surface area contributed by atoms with E-state index in [0.717, 1.165) is 72.7 Å². The standard InChI is InChI=1S/C52H33N7O/c1-5-17-34(18-6-1)47-53-48(35-19-7-2-8-20-35)56-51(55-47)39-31-38-29-30-40(59-43-25-13-15-27-45(43)60-46-28-16-14-26-44(46)59)33-41(38)42(32-39)52-57-49(36-21-9-3-10-22-36)54-50(58-52)37-23-11-4-12-24-37/h1-33H. The molecule has 2 aromatic heterocycles. The third kappa shape index (κ3) is 6.48. The van der Waals surface area contributed by atoms with Crippen LogP contribution in [-0.2, 0) is 0 Å². The molecule has 1 aliphatic rings. The third-order valence-electron chi connectivity index (χ3n) is 10.5. The highest BCUT2D eigenvalue weighted by atomic mass is 16.5. The summed E-state index contributed by atoms with van der Waals surface area (Å²) in [5, 5.41) is 1.91. The number of nitrogens with zero attached hydrogens (tertiary/aromatic N) is 7. The van der Waals surface area contributed by atoms with Gasteiger partial charge in [-0.1, -0.05) is 152 Å². The highest BCUT2D eigenvalue weighted by Crippen LogP contribution is 2.51. The maximum Gasteiger partial charge on any atom is 0.164 e. The maximum absolute atomic E-state index is 6.38. The van der Waals surface area contributed by atoms with Crippen molar-refractivity contribution in [3.05, 3.63) is 200 Å². The second-order valence-electron chi connectivity index (χ2n) is 14.4. The van der Waals surface area contributed by atoms with Gasteiger partial charge in [-0.05, 0) is 59.3 Å². The Morgan fingerprint density at radius 3 is 1.15 bits per heavy atom. The van der Waals surface area contributed by atoms with Crippen LogP contribution in [0.25, 0.3) is 79.1 Å². The molecule has 0 bridgehead atoms. The fourth-order valence-electron chi connectivity index (χ4n) is 7.65. The van der Waals surface area contributed by atoms with Gasteiger partial charge in [0.05, 0.1) is 11.4 Å². The SMILES string of the molecule is c1ccc(-c2nc(-c3ccccc3)nc(-c3cc(-c4nc(-c5ccccc5)nc(-c5ccccc5)n4)c4cc(N5c6ccccc6Oc6ccccc65)ccc4c3)n2)cc1. The second kappa shape index (κ2) is 14.9. The number of hydrogen-bond donors (Lipinski definition) is 0. The van der Waals surface area contributed by atoms with Gasteiger partial charge in [0.25, 0.3) is 0 Å². The van der Waals surface area contributed by atoms with E-state index in [2.05, 4.69) is 47.4 Å². The number of fused-ring (bicyclic) bond motifs is 3. The molecule has 0 fully saturated rings. The second-order valence-corrected chi connectivity index (χ2v) is 14.4. The fraction of sp³-hybridized carbons (Fsp3) is 0. The van der Waals surface area contributed by atoms with Crippen molar-refractivity contribution in [2.45, 2.75) is 0 Å². The van der Waals surface area contributed by atoms with Gasteiger partial charge in [0.15, 0.2) is 46.4 Å². The van der Waals surface area contributed by atoms with Crippen LogP contribution in [-0.4, -0.2) is 29.9 Å². The Hall–Kier alpha value is -8.36. The summed E-state index contributed by atoms with van der Waals surface area (Å²) in [5.74, 6) is 4.93. The molecule has 0 spiro atoms. The zero-order valence-corrected chi connectivity index (χ0v) is 32.1. The number of ether oxygens (including phenoxy) is 1. The lowest BCUT2D eigenvalue weighted by Crippen LogP contribution is -2.15. The lowest BCUT2D eigenvalue weighted by molar-refractivity contribution is 0.477. The molecular weight excluding hydrogens is 739 g/mol. The normalized spacial score (nSPS) is 11.8. The number of para-hydroxylation sites is 4. The molecule has 10 aromatic rings. The van der Waals surface area contributed by atoms with E-state index in [-0.39, 0.29) is 0 Å². The van der Waals surface area contributed by atoms with E-state index in [0.29, 0.717) is 34.9 Å². The van der Waals surface area contributed by atoms with Gasteiger partial charge in [0, 0.05) is 39.1 Å². The first-order valence-electron chi connectivity index (χ1n) is 19.7. The van der Waals surface area contributed by atoms with Crippen LogP contribution in [0.5, 0.6) is 11.5 Å². The average Bonchev–Trinajstić information content (AvgIpc) is 3.33. The van der Waals surface area contributed by atoms with Crippen LogP contribution in [0.1, 0.15) is 0 Å². The summed E-state index contributed by atoms with van der Waals surface area (Å²) in [7, 11) is 0. The third-order valence-corrected chi connectivity index (χ3v) is 10.5. The molecule has 0 aliphatic carbocycles. The summed E-state index contributed by atoms with van der Waals surface area (Å²) in [6.45, 7) is 0. The van der Waals surface area contributed by atoms with Crippen LogP contribution < -0.4 is 9.64 Å². The van der Waals surface area contributed by atoms with Gasteiger partial charge in [-0.2, -0.15) is 0 Å². The quantitative estimate of drug-likeness (QED) is 0.158. The van der Waals surface area contributed by atoms with Gasteiger partial charge in [-0.3, -0.25) is 0 Å². The van der Waals surface area contributed by atoms with Crippen LogP contribution in [0.2, 0.25) is 0 Å². The molecule has 282 valence electrons. The molecule has 0 radical (unpaired) electrons. The van der Waals surface area contributed by atoms with Crippen molar-refractivity contribution >= 4 is 27.8 Å². The van der Waals surface area contributed by atoms with Gasteiger partial charge >= 0.3 is 0 Å². The fourth-order valence-corrected chi connectivity index (χ4v) is 7.65. The van der Waals surface area contributed by atoms with Crippen molar-refractivity contribution in [3.63, 3.8) is 0 Å². The molecule has 0 N–H and O–H groups in total. The summed E-state index contributed by atoms with van der Waals surface area (Å²) >= 11 is 0. The first kappa shape index (κ1) is 34.9. The summed E-state index contributed by atoms with van der Waals surface area (Å²) < 4.78 is 6.38. The summed E-state index contributed by atoms with van der Waals surface area (Å²) in [6.07, 6.45) is 0. The van der Waals surface area contributed by atoms with Gasteiger partial charge < -0.3 is 9.64 Å². The smallest absolute Gasteiger partial charge is 0.164 e. The van der Waals surface area contributed by atoms with Crippen molar-refractivity contribution in [1.29, 1.82) is 0 Å². The Kier molecular flexibility index (Phi) is 8.63. The first-order valence-corrected chi connectivity index (χ1v) is 19.7. The number of anilines is 3. The molecule has 0 saturated heterocycles. The van der Waals surface area contributed by atoms with E-state index in [1.54, 1.807) is 0 Å². The monoisotopic (exact) mass is 771 g/mol. The van der Waals surface area contributed by atoms with Crippen molar-refractivity contribution < 1.29 is 4.74 Å². The predicted octanol–water partition coefficient (Wildman–Crippen LogP) is 12.8. The predicted molar refractivity (Wildman–Crippen MR) is 238 cm³/mol. The van der Waals surface area contributed by atoms with E-state index in [1.807, 2.05) is 158 Å². The van der Waals surface area contributed by atoms with Crippen LogP contribution >= 0.6 is 0 Å². The minimum absolute atomic E-state index is 0.523. The Labute approximate surface area is 346 Å². The Bertz CT molecular complexity index is 3020. The zero-order chi connectivity index (χ0) is 39.8. The first-order chi connectivity index (χ1) is 29.7. The summed E-state index contributed by atoms with van der Waals surface area (Å²) in [6, 6.07) is 67.0. The molecule has 8 aromatic carbocycles. The van der Waals surface area contributed by atoms with Crippen molar-refractivity contribution in [1.82, 2.24) is 29.9 Å². The molecule has 0 saturated carbocycles. The van der Waals surface area contributed by atoms with Gasteiger partial charge in [0.1, 0.15) is 0 Å². The Morgan fingerprint density at radius 2 is 0.700 bits per heavy atom. The molecule has 3 heterocycles. The topological polar surface area (TPSA) is 89.8 Å². The van der Waals surface area contributed by atoms with Crippen molar-refractivity contribution in [2.75, 3.05) is 4.90 Å². The number of hydrogen-bond acceptors (Lipinski definition) is 8. The number of aromatic nitrogens is 6. The van der Waals surface area contributed by atoms with Gasteiger partial charge in [-0.15, -0.1) is 0 Å². The van der Waals surface area contributed by atoms with Crippen molar-refractivity contribution in [3.8, 4) is 79.8 Å².